The molecule has 0 saturated heterocycles. The van der Waals surface area contributed by atoms with Gasteiger partial charge in [0.25, 0.3) is 5.91 Å². The fraction of sp³-hybridized carbons (Fsp3) is 0.462. The Kier molecular flexibility index (Phi) is 3.18. The zero-order chi connectivity index (χ0) is 14.3. The van der Waals surface area contributed by atoms with Crippen molar-refractivity contribution in [3.8, 4) is 5.75 Å². The number of rotatable bonds is 4. The van der Waals surface area contributed by atoms with Gasteiger partial charge in [0.05, 0.1) is 4.90 Å². The highest BCUT2D eigenvalue weighted by Crippen LogP contribution is 2.31. The first kappa shape index (κ1) is 13.4. The summed E-state index contributed by atoms with van der Waals surface area (Å²) in [7, 11) is -3.73. The van der Waals surface area contributed by atoms with Crippen LogP contribution in [0.1, 0.15) is 18.4 Å². The number of amides is 1. The van der Waals surface area contributed by atoms with Crippen LogP contribution < -0.4 is 15.2 Å². The lowest BCUT2D eigenvalue weighted by Crippen LogP contribution is -2.38. The number of nitrogens with two attached hydrogens (primary N) is 1. The minimum Gasteiger partial charge on any atom is -0.480 e. The van der Waals surface area contributed by atoms with Gasteiger partial charge >= 0.3 is 0 Å². The summed E-state index contributed by atoms with van der Waals surface area (Å²) in [4.78, 5) is 12.0. The second-order valence-electron chi connectivity index (χ2n) is 5.31. The van der Waals surface area contributed by atoms with Crippen LogP contribution >= 0.6 is 0 Å². The summed E-state index contributed by atoms with van der Waals surface area (Å²) in [5.74, 6) is 1.01. The zero-order valence-electron chi connectivity index (χ0n) is 10.8. The molecule has 1 unspecified atom stereocenters. The van der Waals surface area contributed by atoms with Crippen LogP contribution in [-0.4, -0.2) is 27.0 Å². The number of hydrogen-bond donors (Lipinski definition) is 2. The maximum Gasteiger partial charge on any atom is 0.261 e. The maximum absolute atomic E-state index is 11.9. The number of nitrogens with one attached hydrogen (secondary N) is 1. The summed E-state index contributed by atoms with van der Waals surface area (Å²) in [6.45, 7) is 0.692. The van der Waals surface area contributed by atoms with Crippen LogP contribution in [0.5, 0.6) is 5.75 Å². The Morgan fingerprint density at radius 3 is 2.80 bits per heavy atom. The van der Waals surface area contributed by atoms with Crippen molar-refractivity contribution in [1.29, 1.82) is 0 Å². The smallest absolute Gasteiger partial charge is 0.261 e. The van der Waals surface area contributed by atoms with Crippen molar-refractivity contribution in [3.05, 3.63) is 23.8 Å². The van der Waals surface area contributed by atoms with E-state index in [0.717, 1.165) is 0 Å². The van der Waals surface area contributed by atoms with Crippen molar-refractivity contribution in [2.45, 2.75) is 30.3 Å². The van der Waals surface area contributed by atoms with E-state index < -0.39 is 16.1 Å². The Balaban J connectivity index is 1.69. The van der Waals surface area contributed by atoms with Crippen molar-refractivity contribution >= 4 is 15.9 Å². The minimum absolute atomic E-state index is 0.0406. The number of hydrogen-bond acceptors (Lipinski definition) is 4. The second kappa shape index (κ2) is 4.75. The van der Waals surface area contributed by atoms with Crippen LogP contribution in [0.4, 0.5) is 0 Å². The molecule has 1 heterocycles. The van der Waals surface area contributed by atoms with E-state index in [1.807, 2.05) is 0 Å². The van der Waals surface area contributed by atoms with E-state index >= 15 is 0 Å². The molecule has 1 aromatic rings. The SMILES string of the molecule is NS(=O)(=O)c1ccc2c(c1)CC(C(=O)NCC1CC1)O2. The molecule has 1 aliphatic heterocycles. The van der Waals surface area contributed by atoms with Crippen molar-refractivity contribution in [2.75, 3.05) is 6.54 Å². The zero-order valence-corrected chi connectivity index (χ0v) is 11.7. The monoisotopic (exact) mass is 296 g/mol. The summed E-state index contributed by atoms with van der Waals surface area (Å²) >= 11 is 0. The normalized spacial score (nSPS) is 21.1. The average Bonchev–Trinajstić information content (AvgIpc) is 3.11. The summed E-state index contributed by atoms with van der Waals surface area (Å²) in [5.41, 5.74) is 0.697. The highest BCUT2D eigenvalue weighted by molar-refractivity contribution is 7.89. The van der Waals surface area contributed by atoms with Gasteiger partial charge in [0.15, 0.2) is 6.10 Å². The molecular formula is C13H16N2O4S. The van der Waals surface area contributed by atoms with Crippen molar-refractivity contribution in [3.63, 3.8) is 0 Å². The van der Waals surface area contributed by atoms with Crippen molar-refractivity contribution in [1.82, 2.24) is 5.32 Å². The predicted molar refractivity (Wildman–Crippen MR) is 71.7 cm³/mol. The first-order valence-electron chi connectivity index (χ1n) is 6.53. The molecule has 6 nitrogen and oxygen atoms in total. The van der Waals surface area contributed by atoms with Gasteiger partial charge in [-0.05, 0) is 42.5 Å². The molecule has 1 saturated carbocycles. The summed E-state index contributed by atoms with van der Waals surface area (Å²) in [6.07, 6.45) is 2.13. The standard InChI is InChI=1S/C13H16N2O4S/c14-20(17,18)10-3-4-11-9(5-10)6-12(19-11)13(16)15-7-8-1-2-8/h3-5,8,12H,1-2,6-7H2,(H,15,16)(H2,14,17,18). The lowest BCUT2D eigenvalue weighted by Gasteiger charge is -2.10. The van der Waals surface area contributed by atoms with Crippen LogP contribution in [0, 0.1) is 5.92 Å². The Morgan fingerprint density at radius 2 is 2.15 bits per heavy atom. The summed E-state index contributed by atoms with van der Waals surface area (Å²) in [6, 6.07) is 4.40. The number of carbonyl (C=O) groups excluding carboxylic acids is 1. The molecule has 1 fully saturated rings. The Hall–Kier alpha value is -1.60. The fourth-order valence-electron chi connectivity index (χ4n) is 2.23. The van der Waals surface area contributed by atoms with E-state index in [1.54, 1.807) is 6.07 Å². The molecular weight excluding hydrogens is 280 g/mol. The van der Waals surface area contributed by atoms with E-state index in [4.69, 9.17) is 9.88 Å². The molecule has 2 aliphatic rings. The van der Waals surface area contributed by atoms with Gasteiger partial charge in [-0.15, -0.1) is 0 Å². The largest absolute Gasteiger partial charge is 0.480 e. The average molecular weight is 296 g/mol. The molecule has 0 radical (unpaired) electrons. The molecule has 3 rings (SSSR count). The Morgan fingerprint density at radius 1 is 1.40 bits per heavy atom. The van der Waals surface area contributed by atoms with Crippen LogP contribution in [0.3, 0.4) is 0 Å². The lowest BCUT2D eigenvalue weighted by atomic mass is 10.1. The molecule has 0 bridgehead atoms. The number of primary sulfonamides is 1. The van der Waals surface area contributed by atoms with E-state index in [-0.39, 0.29) is 10.8 Å². The van der Waals surface area contributed by atoms with Gasteiger partial charge in [-0.25, -0.2) is 13.6 Å². The molecule has 0 spiro atoms. The number of fused-ring (bicyclic) bond motifs is 1. The summed E-state index contributed by atoms with van der Waals surface area (Å²) in [5, 5.41) is 7.94. The molecule has 0 aromatic heterocycles. The molecule has 108 valence electrons. The molecule has 1 aromatic carbocycles. The molecule has 1 aliphatic carbocycles. The van der Waals surface area contributed by atoms with Gasteiger partial charge in [-0.2, -0.15) is 0 Å². The number of ether oxygens (including phenoxy) is 1. The van der Waals surface area contributed by atoms with Gasteiger partial charge in [0.1, 0.15) is 5.75 Å². The third-order valence-electron chi connectivity index (χ3n) is 3.59. The topological polar surface area (TPSA) is 98.5 Å². The first-order valence-corrected chi connectivity index (χ1v) is 8.08. The van der Waals surface area contributed by atoms with E-state index in [1.165, 1.54) is 25.0 Å². The summed E-state index contributed by atoms with van der Waals surface area (Å²) < 4.78 is 28.1. The highest BCUT2D eigenvalue weighted by Gasteiger charge is 2.31. The van der Waals surface area contributed by atoms with Gasteiger partial charge in [-0.3, -0.25) is 4.79 Å². The van der Waals surface area contributed by atoms with Gasteiger partial charge in [-0.1, -0.05) is 0 Å². The van der Waals surface area contributed by atoms with E-state index in [0.29, 0.717) is 30.2 Å². The minimum atomic E-state index is -3.73. The van der Waals surface area contributed by atoms with Crippen LogP contribution in [0.2, 0.25) is 0 Å². The molecule has 7 heteroatoms. The highest BCUT2D eigenvalue weighted by atomic mass is 32.2. The molecule has 20 heavy (non-hydrogen) atoms. The maximum atomic E-state index is 11.9. The third-order valence-corrected chi connectivity index (χ3v) is 4.50. The van der Waals surface area contributed by atoms with Crippen LogP contribution in [0.15, 0.2) is 23.1 Å². The third kappa shape index (κ3) is 2.78. The molecule has 1 atom stereocenters. The number of carbonyl (C=O) groups is 1. The van der Waals surface area contributed by atoms with Crippen LogP contribution in [0.25, 0.3) is 0 Å². The number of benzene rings is 1. The van der Waals surface area contributed by atoms with E-state index in [2.05, 4.69) is 5.32 Å². The second-order valence-corrected chi connectivity index (χ2v) is 6.88. The molecule has 3 N–H and O–H groups in total. The predicted octanol–water partition coefficient (Wildman–Crippen LogP) is 0.164. The quantitative estimate of drug-likeness (QED) is 0.827. The van der Waals surface area contributed by atoms with Crippen molar-refractivity contribution < 1.29 is 17.9 Å². The molecule has 1 amide bonds. The first-order chi connectivity index (χ1) is 9.43. The Labute approximate surface area is 117 Å². The fourth-order valence-corrected chi connectivity index (χ4v) is 2.79. The van der Waals surface area contributed by atoms with Gasteiger partial charge in [0, 0.05) is 13.0 Å². The van der Waals surface area contributed by atoms with Crippen molar-refractivity contribution in [2.24, 2.45) is 11.1 Å². The van der Waals surface area contributed by atoms with E-state index in [9.17, 15) is 13.2 Å². The van der Waals surface area contributed by atoms with Gasteiger partial charge < -0.3 is 10.1 Å². The Bertz CT molecular complexity index is 652. The lowest BCUT2D eigenvalue weighted by molar-refractivity contribution is -0.127. The van der Waals surface area contributed by atoms with Crippen LogP contribution in [-0.2, 0) is 21.2 Å². The van der Waals surface area contributed by atoms with Gasteiger partial charge in [0.2, 0.25) is 10.0 Å². The number of sulfonamides is 1.